The van der Waals surface area contributed by atoms with E-state index in [0.29, 0.717) is 26.1 Å². The van der Waals surface area contributed by atoms with Gasteiger partial charge in [0, 0.05) is 39.8 Å². The molecule has 0 aromatic heterocycles. The third-order valence-corrected chi connectivity index (χ3v) is 4.99. The largest absolute Gasteiger partial charge is 0.357 e. The van der Waals surface area contributed by atoms with Crippen molar-refractivity contribution in [2.75, 3.05) is 39.5 Å². The van der Waals surface area contributed by atoms with E-state index < -0.39 is 10.0 Å². The van der Waals surface area contributed by atoms with Crippen molar-refractivity contribution in [1.82, 2.24) is 14.5 Å². The summed E-state index contributed by atoms with van der Waals surface area (Å²) in [5.74, 6) is 0.837. The molecule has 0 bridgehead atoms. The summed E-state index contributed by atoms with van der Waals surface area (Å²) < 4.78 is 24.6. The van der Waals surface area contributed by atoms with E-state index in [1.807, 2.05) is 39.1 Å². The zero-order chi connectivity index (χ0) is 18.0. The van der Waals surface area contributed by atoms with E-state index in [9.17, 15) is 8.42 Å². The molecule has 1 aromatic rings. The summed E-state index contributed by atoms with van der Waals surface area (Å²) in [4.78, 5) is 6.68. The van der Waals surface area contributed by atoms with Crippen LogP contribution in [-0.4, -0.2) is 63.1 Å². The van der Waals surface area contributed by atoms with Gasteiger partial charge in [-0.05, 0) is 18.9 Å². The molecule has 0 heterocycles. The zero-order valence-electron chi connectivity index (χ0n) is 15.6. The summed E-state index contributed by atoms with van der Waals surface area (Å²) in [6.45, 7) is 7.04. The SMILES string of the molecule is CCNC(=NCCCN(CC)S(C)(=O)=O)N(C)Cc1ccccc1.I. The van der Waals surface area contributed by atoms with E-state index in [4.69, 9.17) is 0 Å². The van der Waals surface area contributed by atoms with Crippen molar-refractivity contribution < 1.29 is 8.42 Å². The summed E-state index contributed by atoms with van der Waals surface area (Å²) >= 11 is 0. The van der Waals surface area contributed by atoms with Crippen LogP contribution in [0.15, 0.2) is 35.3 Å². The second kappa shape index (κ2) is 12.5. The van der Waals surface area contributed by atoms with Gasteiger partial charge in [0.15, 0.2) is 5.96 Å². The van der Waals surface area contributed by atoms with Crippen molar-refractivity contribution in [3.63, 3.8) is 0 Å². The molecular weight excluding hydrogens is 451 g/mol. The molecule has 0 atom stereocenters. The average molecular weight is 482 g/mol. The third kappa shape index (κ3) is 9.41. The normalized spacial score (nSPS) is 12.0. The van der Waals surface area contributed by atoms with Crippen molar-refractivity contribution in [2.24, 2.45) is 4.99 Å². The molecule has 0 saturated carbocycles. The summed E-state index contributed by atoms with van der Waals surface area (Å²) in [5.41, 5.74) is 1.22. The van der Waals surface area contributed by atoms with Crippen LogP contribution in [0.2, 0.25) is 0 Å². The topological polar surface area (TPSA) is 65.0 Å². The van der Waals surface area contributed by atoms with Crippen LogP contribution < -0.4 is 5.32 Å². The molecule has 144 valence electrons. The first kappa shape index (κ1) is 24.1. The Morgan fingerprint density at radius 1 is 1.20 bits per heavy atom. The molecule has 6 nitrogen and oxygen atoms in total. The Morgan fingerprint density at radius 2 is 1.84 bits per heavy atom. The first-order valence-corrected chi connectivity index (χ1v) is 10.2. The second-order valence-electron chi connectivity index (χ2n) is 5.69. The lowest BCUT2D eigenvalue weighted by Crippen LogP contribution is -2.38. The predicted octanol–water partition coefficient (Wildman–Crippen LogP) is 2.37. The van der Waals surface area contributed by atoms with Crippen LogP contribution in [0.1, 0.15) is 25.8 Å². The third-order valence-electron chi connectivity index (χ3n) is 3.61. The van der Waals surface area contributed by atoms with E-state index >= 15 is 0 Å². The van der Waals surface area contributed by atoms with Crippen molar-refractivity contribution in [2.45, 2.75) is 26.8 Å². The summed E-state index contributed by atoms with van der Waals surface area (Å²) in [5, 5.41) is 3.28. The highest BCUT2D eigenvalue weighted by atomic mass is 127. The fourth-order valence-corrected chi connectivity index (χ4v) is 3.32. The zero-order valence-corrected chi connectivity index (χ0v) is 18.8. The van der Waals surface area contributed by atoms with Gasteiger partial charge < -0.3 is 10.2 Å². The van der Waals surface area contributed by atoms with Crippen LogP contribution in [0.25, 0.3) is 0 Å². The van der Waals surface area contributed by atoms with Gasteiger partial charge >= 0.3 is 0 Å². The van der Waals surface area contributed by atoms with Crippen LogP contribution >= 0.6 is 24.0 Å². The number of sulfonamides is 1. The first-order valence-electron chi connectivity index (χ1n) is 8.37. The van der Waals surface area contributed by atoms with Crippen LogP contribution in [0.3, 0.4) is 0 Å². The van der Waals surface area contributed by atoms with E-state index in [1.54, 1.807) is 0 Å². The Kier molecular flexibility index (Phi) is 12.0. The number of nitrogens with one attached hydrogen (secondary N) is 1. The number of aliphatic imine (C=N–C) groups is 1. The standard InChI is InChI=1S/C17H30N4O2S.HI/c1-5-18-17(20(3)15-16-11-8-7-9-12-16)19-13-10-14-21(6-2)24(4,22)23;/h7-9,11-12H,5-6,10,13-15H2,1-4H3,(H,18,19);1H. The molecule has 0 saturated heterocycles. The van der Waals surface area contributed by atoms with Gasteiger partial charge in [0.05, 0.1) is 6.26 Å². The number of guanidine groups is 1. The molecule has 0 unspecified atom stereocenters. The highest BCUT2D eigenvalue weighted by Gasteiger charge is 2.13. The molecule has 0 aliphatic heterocycles. The minimum absolute atomic E-state index is 0. The minimum Gasteiger partial charge on any atom is -0.357 e. The van der Waals surface area contributed by atoms with Crippen LogP contribution in [0.4, 0.5) is 0 Å². The lowest BCUT2D eigenvalue weighted by atomic mass is 10.2. The fraction of sp³-hybridized carbons (Fsp3) is 0.588. The number of rotatable bonds is 9. The van der Waals surface area contributed by atoms with E-state index in [-0.39, 0.29) is 24.0 Å². The highest BCUT2D eigenvalue weighted by Crippen LogP contribution is 2.03. The Bertz CT molecular complexity index is 608. The summed E-state index contributed by atoms with van der Waals surface area (Å²) in [7, 11) is -1.12. The molecule has 0 amide bonds. The monoisotopic (exact) mass is 482 g/mol. The van der Waals surface area contributed by atoms with Crippen molar-refractivity contribution in [1.29, 1.82) is 0 Å². The van der Waals surface area contributed by atoms with Crippen molar-refractivity contribution >= 4 is 40.0 Å². The smallest absolute Gasteiger partial charge is 0.211 e. The first-order chi connectivity index (χ1) is 11.4. The van der Waals surface area contributed by atoms with Gasteiger partial charge in [-0.2, -0.15) is 0 Å². The van der Waals surface area contributed by atoms with E-state index in [1.165, 1.54) is 16.1 Å². The van der Waals surface area contributed by atoms with E-state index in [0.717, 1.165) is 19.0 Å². The molecule has 0 aliphatic rings. The number of nitrogens with zero attached hydrogens (tertiary/aromatic N) is 3. The summed E-state index contributed by atoms with van der Waals surface area (Å²) in [6.07, 6.45) is 1.95. The molecule has 1 rings (SSSR count). The lowest BCUT2D eigenvalue weighted by Gasteiger charge is -2.22. The van der Waals surface area contributed by atoms with Crippen LogP contribution in [0, 0.1) is 0 Å². The molecule has 1 N–H and O–H groups in total. The number of hydrogen-bond acceptors (Lipinski definition) is 3. The van der Waals surface area contributed by atoms with Gasteiger partial charge in [0.25, 0.3) is 0 Å². The summed E-state index contributed by atoms with van der Waals surface area (Å²) in [6, 6.07) is 10.2. The van der Waals surface area contributed by atoms with Gasteiger partial charge in [-0.1, -0.05) is 37.3 Å². The lowest BCUT2D eigenvalue weighted by molar-refractivity contribution is 0.425. The Hall–Kier alpha value is -0.870. The quantitative estimate of drug-likeness (QED) is 0.254. The number of benzene rings is 1. The van der Waals surface area contributed by atoms with Gasteiger partial charge in [0.1, 0.15) is 0 Å². The van der Waals surface area contributed by atoms with Gasteiger partial charge in [-0.25, -0.2) is 12.7 Å². The van der Waals surface area contributed by atoms with Gasteiger partial charge in [-0.15, -0.1) is 24.0 Å². The Labute approximate surface area is 169 Å². The van der Waals surface area contributed by atoms with Gasteiger partial charge in [0.2, 0.25) is 10.0 Å². The molecule has 0 fully saturated rings. The van der Waals surface area contributed by atoms with Crippen molar-refractivity contribution in [3.8, 4) is 0 Å². The molecular formula is C17H31IN4O2S. The molecule has 25 heavy (non-hydrogen) atoms. The maximum atomic E-state index is 11.6. The molecule has 0 radical (unpaired) electrons. The van der Waals surface area contributed by atoms with E-state index in [2.05, 4.69) is 27.3 Å². The molecule has 0 spiro atoms. The number of hydrogen-bond donors (Lipinski definition) is 1. The van der Waals surface area contributed by atoms with Crippen molar-refractivity contribution in [3.05, 3.63) is 35.9 Å². The Balaban J connectivity index is 0.00000576. The molecule has 8 heteroatoms. The fourth-order valence-electron chi connectivity index (χ4n) is 2.39. The van der Waals surface area contributed by atoms with Crippen LogP contribution in [0.5, 0.6) is 0 Å². The maximum absolute atomic E-state index is 11.6. The minimum atomic E-state index is -3.12. The highest BCUT2D eigenvalue weighted by molar-refractivity contribution is 14.0. The van der Waals surface area contributed by atoms with Crippen LogP contribution in [-0.2, 0) is 16.6 Å². The maximum Gasteiger partial charge on any atom is 0.211 e. The molecule has 1 aromatic carbocycles. The van der Waals surface area contributed by atoms with Gasteiger partial charge in [-0.3, -0.25) is 4.99 Å². The predicted molar refractivity (Wildman–Crippen MR) is 116 cm³/mol. The second-order valence-corrected chi connectivity index (χ2v) is 7.67. The average Bonchev–Trinajstić information content (AvgIpc) is 2.53. The number of halogens is 1. The Morgan fingerprint density at radius 3 is 2.36 bits per heavy atom. The molecule has 0 aliphatic carbocycles.